The van der Waals surface area contributed by atoms with Gasteiger partial charge in [-0.25, -0.2) is 4.98 Å². The van der Waals surface area contributed by atoms with Gasteiger partial charge in [0.2, 0.25) is 0 Å². The SMILES string of the molecule is N#Cc1ccc(-n2cncc2[C@@H]2CCCN2)cc1. The van der Waals surface area contributed by atoms with Crippen molar-refractivity contribution in [1.29, 1.82) is 5.26 Å². The molecule has 1 aliphatic rings. The highest BCUT2D eigenvalue weighted by Crippen LogP contribution is 2.25. The van der Waals surface area contributed by atoms with Crippen LogP contribution < -0.4 is 5.32 Å². The number of aromatic nitrogens is 2. The second-order valence-electron chi connectivity index (χ2n) is 4.50. The average Bonchev–Trinajstić information content (AvgIpc) is 3.09. The van der Waals surface area contributed by atoms with Crippen LogP contribution in [0.25, 0.3) is 5.69 Å². The van der Waals surface area contributed by atoms with Crippen molar-refractivity contribution in [1.82, 2.24) is 14.9 Å². The molecular formula is C14H14N4. The van der Waals surface area contributed by atoms with Gasteiger partial charge in [-0.1, -0.05) is 0 Å². The van der Waals surface area contributed by atoms with Crippen molar-refractivity contribution in [3.63, 3.8) is 0 Å². The lowest BCUT2D eigenvalue weighted by atomic mass is 10.1. The summed E-state index contributed by atoms with van der Waals surface area (Å²) < 4.78 is 2.09. The van der Waals surface area contributed by atoms with Crippen LogP contribution in [0.15, 0.2) is 36.8 Å². The molecular weight excluding hydrogens is 224 g/mol. The minimum atomic E-state index is 0.392. The maximum atomic E-state index is 8.81. The van der Waals surface area contributed by atoms with Crippen molar-refractivity contribution in [2.45, 2.75) is 18.9 Å². The monoisotopic (exact) mass is 238 g/mol. The van der Waals surface area contributed by atoms with Crippen molar-refractivity contribution in [2.75, 3.05) is 6.54 Å². The Hall–Kier alpha value is -2.12. The van der Waals surface area contributed by atoms with Gasteiger partial charge >= 0.3 is 0 Å². The Kier molecular flexibility index (Phi) is 2.83. The summed E-state index contributed by atoms with van der Waals surface area (Å²) in [7, 11) is 0. The van der Waals surface area contributed by atoms with E-state index < -0.39 is 0 Å². The molecule has 0 aliphatic carbocycles. The first kappa shape index (κ1) is 11.0. The van der Waals surface area contributed by atoms with E-state index in [0.29, 0.717) is 11.6 Å². The van der Waals surface area contributed by atoms with Gasteiger partial charge in [-0.05, 0) is 43.7 Å². The highest BCUT2D eigenvalue weighted by molar-refractivity contribution is 5.40. The lowest BCUT2D eigenvalue weighted by Crippen LogP contribution is -2.16. The zero-order valence-corrected chi connectivity index (χ0v) is 10.0. The summed E-state index contributed by atoms with van der Waals surface area (Å²) in [5.41, 5.74) is 2.92. The number of hydrogen-bond acceptors (Lipinski definition) is 3. The number of nitriles is 1. The molecule has 0 amide bonds. The van der Waals surface area contributed by atoms with Gasteiger partial charge in [-0.2, -0.15) is 5.26 Å². The number of hydrogen-bond donors (Lipinski definition) is 1. The lowest BCUT2D eigenvalue weighted by Gasteiger charge is -2.13. The Balaban J connectivity index is 1.96. The predicted molar refractivity (Wildman–Crippen MR) is 68.3 cm³/mol. The molecule has 90 valence electrons. The Labute approximate surface area is 106 Å². The maximum Gasteiger partial charge on any atom is 0.0994 e. The van der Waals surface area contributed by atoms with Gasteiger partial charge in [0.1, 0.15) is 0 Å². The summed E-state index contributed by atoms with van der Waals surface area (Å²) in [6.07, 6.45) is 6.11. The van der Waals surface area contributed by atoms with Gasteiger partial charge < -0.3 is 9.88 Å². The molecule has 0 spiro atoms. The van der Waals surface area contributed by atoms with Crippen LogP contribution in [-0.4, -0.2) is 16.1 Å². The molecule has 2 heterocycles. The quantitative estimate of drug-likeness (QED) is 0.872. The molecule has 0 bridgehead atoms. The standard InChI is InChI=1S/C14H14N4/c15-8-11-3-5-12(6-4-11)18-10-16-9-14(18)13-2-1-7-17-13/h3-6,9-10,13,17H,1-2,7H2/t13-/m0/s1. The van der Waals surface area contributed by atoms with Crippen molar-refractivity contribution in [2.24, 2.45) is 0 Å². The molecule has 1 atom stereocenters. The highest BCUT2D eigenvalue weighted by atomic mass is 15.1. The summed E-state index contributed by atoms with van der Waals surface area (Å²) in [4.78, 5) is 4.24. The van der Waals surface area contributed by atoms with E-state index in [-0.39, 0.29) is 0 Å². The molecule has 1 fully saturated rings. The fourth-order valence-corrected chi connectivity index (χ4v) is 2.41. The molecule has 2 aromatic rings. The second-order valence-corrected chi connectivity index (χ2v) is 4.50. The Bertz CT molecular complexity index is 571. The molecule has 0 saturated carbocycles. The Morgan fingerprint density at radius 3 is 2.83 bits per heavy atom. The molecule has 0 radical (unpaired) electrons. The number of rotatable bonds is 2. The van der Waals surface area contributed by atoms with Crippen molar-refractivity contribution in [3.05, 3.63) is 48.0 Å². The molecule has 0 unspecified atom stereocenters. The zero-order valence-electron chi connectivity index (χ0n) is 10.0. The summed E-state index contributed by atoms with van der Waals surface area (Å²) >= 11 is 0. The normalized spacial score (nSPS) is 18.7. The van der Waals surface area contributed by atoms with Gasteiger partial charge in [0.25, 0.3) is 0 Å². The molecule has 1 aromatic heterocycles. The third-order valence-electron chi connectivity index (χ3n) is 3.36. The molecule has 1 aromatic carbocycles. The molecule has 1 saturated heterocycles. The molecule has 1 N–H and O–H groups in total. The average molecular weight is 238 g/mol. The van der Waals surface area contributed by atoms with Crippen molar-refractivity contribution < 1.29 is 0 Å². The van der Waals surface area contributed by atoms with E-state index in [9.17, 15) is 0 Å². The Morgan fingerprint density at radius 2 is 2.17 bits per heavy atom. The van der Waals surface area contributed by atoms with Gasteiger partial charge in [0, 0.05) is 11.7 Å². The largest absolute Gasteiger partial charge is 0.309 e. The van der Waals surface area contributed by atoms with Crippen LogP contribution in [0.4, 0.5) is 0 Å². The molecule has 1 aliphatic heterocycles. The van der Waals surface area contributed by atoms with E-state index in [1.54, 1.807) is 0 Å². The van der Waals surface area contributed by atoms with Crippen LogP contribution in [0, 0.1) is 11.3 Å². The minimum absolute atomic E-state index is 0.392. The molecule has 4 nitrogen and oxygen atoms in total. The van der Waals surface area contributed by atoms with Gasteiger partial charge in [0.15, 0.2) is 0 Å². The predicted octanol–water partition coefficient (Wildman–Crippen LogP) is 2.17. The summed E-state index contributed by atoms with van der Waals surface area (Å²) in [5, 5.41) is 12.3. The van der Waals surface area contributed by atoms with E-state index >= 15 is 0 Å². The van der Waals surface area contributed by atoms with Crippen molar-refractivity contribution >= 4 is 0 Å². The minimum Gasteiger partial charge on any atom is -0.309 e. The second kappa shape index (κ2) is 4.63. The number of benzene rings is 1. The van der Waals surface area contributed by atoms with E-state index in [0.717, 1.165) is 18.7 Å². The van der Waals surface area contributed by atoms with Crippen LogP contribution in [-0.2, 0) is 0 Å². The number of nitrogens with one attached hydrogen (secondary N) is 1. The number of nitrogens with zero attached hydrogens (tertiary/aromatic N) is 3. The third-order valence-corrected chi connectivity index (χ3v) is 3.36. The van der Waals surface area contributed by atoms with E-state index in [4.69, 9.17) is 5.26 Å². The van der Waals surface area contributed by atoms with Gasteiger partial charge in [-0.3, -0.25) is 0 Å². The summed E-state index contributed by atoms with van der Waals surface area (Å²) in [6.45, 7) is 1.07. The first-order valence-corrected chi connectivity index (χ1v) is 6.14. The topological polar surface area (TPSA) is 53.6 Å². The summed E-state index contributed by atoms with van der Waals surface area (Å²) in [5.74, 6) is 0. The van der Waals surface area contributed by atoms with Crippen LogP contribution in [0.5, 0.6) is 0 Å². The molecule has 18 heavy (non-hydrogen) atoms. The van der Waals surface area contributed by atoms with E-state index in [1.165, 1.54) is 12.1 Å². The van der Waals surface area contributed by atoms with Gasteiger partial charge in [0.05, 0.1) is 29.9 Å². The first-order chi connectivity index (χ1) is 8.88. The fourth-order valence-electron chi connectivity index (χ4n) is 2.41. The third kappa shape index (κ3) is 1.89. The van der Waals surface area contributed by atoms with E-state index in [1.807, 2.05) is 36.8 Å². The fraction of sp³-hybridized carbons (Fsp3) is 0.286. The van der Waals surface area contributed by atoms with Crippen LogP contribution >= 0.6 is 0 Å². The zero-order chi connectivity index (χ0) is 12.4. The molecule has 4 heteroatoms. The maximum absolute atomic E-state index is 8.81. The van der Waals surface area contributed by atoms with Gasteiger partial charge in [-0.15, -0.1) is 0 Å². The lowest BCUT2D eigenvalue weighted by molar-refractivity contribution is 0.615. The van der Waals surface area contributed by atoms with Crippen LogP contribution in [0.3, 0.4) is 0 Å². The van der Waals surface area contributed by atoms with E-state index in [2.05, 4.69) is 20.9 Å². The Morgan fingerprint density at radius 1 is 1.33 bits per heavy atom. The molecule has 3 rings (SSSR count). The smallest absolute Gasteiger partial charge is 0.0994 e. The summed E-state index contributed by atoms with van der Waals surface area (Å²) in [6, 6.07) is 10.1. The van der Waals surface area contributed by atoms with Crippen molar-refractivity contribution in [3.8, 4) is 11.8 Å². The number of imidazole rings is 1. The first-order valence-electron chi connectivity index (χ1n) is 6.14. The highest BCUT2D eigenvalue weighted by Gasteiger charge is 2.20. The van der Waals surface area contributed by atoms with Crippen LogP contribution in [0.2, 0.25) is 0 Å². The van der Waals surface area contributed by atoms with Crippen LogP contribution in [0.1, 0.15) is 30.1 Å².